The number of carbonyl (C=O) groups excluding carboxylic acids is 2. The number of rotatable bonds is 11. The van der Waals surface area contributed by atoms with Gasteiger partial charge in [0.2, 0.25) is 15.9 Å². The smallest absolute Gasteiger partial charge is 0.410 e. The van der Waals surface area contributed by atoms with E-state index >= 15 is 0 Å². The lowest BCUT2D eigenvalue weighted by Crippen LogP contribution is -2.41. The van der Waals surface area contributed by atoms with Crippen molar-refractivity contribution >= 4 is 39.2 Å². The van der Waals surface area contributed by atoms with Gasteiger partial charge in [0.1, 0.15) is 17.4 Å². The number of sulfonamides is 1. The van der Waals surface area contributed by atoms with E-state index < -0.39 is 21.9 Å². The van der Waals surface area contributed by atoms with Crippen LogP contribution in [0.15, 0.2) is 102 Å². The van der Waals surface area contributed by atoms with E-state index in [1.54, 1.807) is 60.7 Å². The van der Waals surface area contributed by atoms with Crippen LogP contribution in [0.3, 0.4) is 0 Å². The lowest BCUT2D eigenvalue weighted by atomic mass is 10.1. The number of hydrogen-bond acceptors (Lipinski definition) is 7. The Bertz CT molecular complexity index is 1780. The van der Waals surface area contributed by atoms with Crippen molar-refractivity contribution in [3.63, 3.8) is 0 Å². The third kappa shape index (κ3) is 8.74. The zero-order valence-electron chi connectivity index (χ0n) is 24.8. The van der Waals surface area contributed by atoms with Gasteiger partial charge in [-0.2, -0.15) is 0 Å². The molecular weight excluding hydrogens is 597 g/mol. The van der Waals surface area contributed by atoms with E-state index in [0.29, 0.717) is 28.1 Å². The summed E-state index contributed by atoms with van der Waals surface area (Å²) in [5.74, 6) is -0.822. The minimum absolute atomic E-state index is 0.00803. The summed E-state index contributed by atoms with van der Waals surface area (Å²) < 4.78 is 42.3. The number of amidine groups is 1. The summed E-state index contributed by atoms with van der Waals surface area (Å²) in [7, 11) is -3.92. The number of carbonyl (C=O) groups is 2. The number of hydrogen-bond donors (Lipinski definition) is 4. The van der Waals surface area contributed by atoms with E-state index in [4.69, 9.17) is 15.3 Å². The topological polar surface area (TPSA) is 155 Å². The molecule has 0 heterocycles. The average molecular weight is 632 g/mol. The van der Waals surface area contributed by atoms with Crippen molar-refractivity contribution in [3.8, 4) is 16.9 Å². The fourth-order valence-corrected chi connectivity index (χ4v) is 5.61. The maximum absolute atomic E-state index is 13.2. The van der Waals surface area contributed by atoms with Gasteiger partial charge in [-0.1, -0.05) is 56.3 Å². The van der Waals surface area contributed by atoms with Crippen molar-refractivity contribution in [2.75, 3.05) is 16.8 Å². The molecule has 4 aromatic rings. The molecule has 2 amide bonds. The first-order chi connectivity index (χ1) is 21.5. The quantitative estimate of drug-likeness (QED) is 0.120. The molecule has 4 aromatic carbocycles. The number of ether oxygens (including phenoxy) is 1. The summed E-state index contributed by atoms with van der Waals surface area (Å²) in [6.07, 6.45) is 0.616. The highest BCUT2D eigenvalue weighted by Gasteiger charge is 2.21. The Labute approximate surface area is 261 Å². The van der Waals surface area contributed by atoms with Gasteiger partial charge in [-0.05, 0) is 73.0 Å². The van der Waals surface area contributed by atoms with Crippen LogP contribution in [-0.2, 0) is 14.8 Å². The second-order valence-corrected chi connectivity index (χ2v) is 11.7. The molecule has 10 nitrogen and oxygen atoms in total. The van der Waals surface area contributed by atoms with Gasteiger partial charge < -0.3 is 15.0 Å². The molecule has 12 heteroatoms. The number of amides is 2. The Morgan fingerprint density at radius 1 is 0.933 bits per heavy atom. The second-order valence-electron chi connectivity index (χ2n) is 10.2. The molecule has 0 aliphatic carbocycles. The molecule has 0 unspecified atom stereocenters. The molecule has 0 saturated heterocycles. The Morgan fingerprint density at radius 3 is 2.24 bits per heavy atom. The molecule has 0 aromatic heterocycles. The molecule has 0 atom stereocenters. The minimum atomic E-state index is -3.92. The maximum Gasteiger partial charge on any atom is 0.418 e. The molecule has 0 bridgehead atoms. The van der Waals surface area contributed by atoms with E-state index in [1.165, 1.54) is 18.2 Å². The van der Waals surface area contributed by atoms with E-state index in [9.17, 15) is 22.4 Å². The SMILES string of the molecule is CCC(CC)N(CC(=O)Nc1ccc(-c2ccccc2S(N)(=O)=O)cc1)c1cccc(C(=N)NC(=O)Oc2ccc(F)cc2)c1. The molecule has 0 spiro atoms. The zero-order chi connectivity index (χ0) is 32.6. The number of anilines is 2. The predicted octanol–water partition coefficient (Wildman–Crippen LogP) is 5.89. The van der Waals surface area contributed by atoms with Gasteiger partial charge in [-0.3, -0.25) is 15.5 Å². The van der Waals surface area contributed by atoms with E-state index in [1.807, 2.05) is 24.8 Å². The van der Waals surface area contributed by atoms with E-state index in [2.05, 4.69) is 10.6 Å². The highest BCUT2D eigenvalue weighted by atomic mass is 32.2. The van der Waals surface area contributed by atoms with Gasteiger partial charge in [-0.25, -0.2) is 22.7 Å². The average Bonchev–Trinajstić information content (AvgIpc) is 3.02. The van der Waals surface area contributed by atoms with Crippen molar-refractivity contribution < 1.29 is 27.1 Å². The lowest BCUT2D eigenvalue weighted by Gasteiger charge is -2.32. The van der Waals surface area contributed by atoms with Crippen molar-refractivity contribution in [3.05, 3.63) is 108 Å². The number of nitrogens with two attached hydrogens (primary N) is 1. The fraction of sp³-hybridized carbons (Fsp3) is 0.182. The molecule has 0 saturated carbocycles. The van der Waals surface area contributed by atoms with Gasteiger partial charge in [-0.15, -0.1) is 0 Å². The minimum Gasteiger partial charge on any atom is -0.410 e. The fourth-order valence-electron chi connectivity index (χ4n) is 4.85. The van der Waals surface area contributed by atoms with Crippen LogP contribution in [0.5, 0.6) is 5.75 Å². The summed E-state index contributed by atoms with van der Waals surface area (Å²) in [6, 6.07) is 25.1. The number of benzene rings is 4. The first-order valence-corrected chi connectivity index (χ1v) is 15.7. The standard InChI is InChI=1S/C33H34FN5O5S/c1-3-26(4-2)39(27-9-7-8-23(20-27)32(35)38-33(41)44-28-18-14-24(34)15-19-28)21-31(40)37-25-16-12-22(13-17-25)29-10-5-6-11-30(29)45(36,42)43/h5-20,26H,3-4,21H2,1-2H3,(H,37,40)(H2,35,38,41)(H2,36,42,43). The van der Waals surface area contributed by atoms with Gasteiger partial charge in [0.25, 0.3) is 0 Å². The van der Waals surface area contributed by atoms with Crippen LogP contribution in [-0.4, -0.2) is 38.8 Å². The second kappa shape index (κ2) is 14.6. The summed E-state index contributed by atoms with van der Waals surface area (Å²) in [4.78, 5) is 27.5. The molecule has 4 rings (SSSR count). The molecule has 0 fully saturated rings. The van der Waals surface area contributed by atoms with Crippen molar-refractivity contribution in [2.24, 2.45) is 5.14 Å². The van der Waals surface area contributed by atoms with Crippen LogP contribution in [0.2, 0.25) is 0 Å². The van der Waals surface area contributed by atoms with E-state index in [-0.39, 0.29) is 35.0 Å². The summed E-state index contributed by atoms with van der Waals surface area (Å²) >= 11 is 0. The monoisotopic (exact) mass is 631 g/mol. The Morgan fingerprint density at radius 2 is 1.60 bits per heavy atom. The lowest BCUT2D eigenvalue weighted by molar-refractivity contribution is -0.115. The van der Waals surface area contributed by atoms with E-state index in [0.717, 1.165) is 25.0 Å². The largest absolute Gasteiger partial charge is 0.418 e. The summed E-state index contributed by atoms with van der Waals surface area (Å²) in [5, 5.41) is 19.0. The highest BCUT2D eigenvalue weighted by molar-refractivity contribution is 7.89. The molecule has 0 aliphatic rings. The van der Waals surface area contributed by atoms with Crippen LogP contribution >= 0.6 is 0 Å². The first-order valence-electron chi connectivity index (χ1n) is 14.2. The maximum atomic E-state index is 13.2. The normalized spacial score (nSPS) is 11.1. The number of nitrogens with one attached hydrogen (secondary N) is 3. The van der Waals surface area contributed by atoms with Crippen LogP contribution in [0.25, 0.3) is 11.1 Å². The molecule has 5 N–H and O–H groups in total. The zero-order valence-corrected chi connectivity index (χ0v) is 25.6. The van der Waals surface area contributed by atoms with Gasteiger partial charge >= 0.3 is 6.09 Å². The van der Waals surface area contributed by atoms with Crippen LogP contribution in [0.4, 0.5) is 20.6 Å². The third-order valence-corrected chi connectivity index (χ3v) is 8.06. The third-order valence-electron chi connectivity index (χ3n) is 7.09. The molecular formula is C33H34FN5O5S. The van der Waals surface area contributed by atoms with Crippen molar-refractivity contribution in [1.29, 1.82) is 5.41 Å². The van der Waals surface area contributed by atoms with Gasteiger partial charge in [0.05, 0.1) is 11.4 Å². The van der Waals surface area contributed by atoms with Crippen molar-refractivity contribution in [1.82, 2.24) is 5.32 Å². The van der Waals surface area contributed by atoms with Crippen molar-refractivity contribution in [2.45, 2.75) is 37.6 Å². The molecule has 234 valence electrons. The Balaban J connectivity index is 1.46. The molecule has 45 heavy (non-hydrogen) atoms. The Hall–Kier alpha value is -5.07. The van der Waals surface area contributed by atoms with Crippen LogP contribution in [0.1, 0.15) is 32.3 Å². The number of nitrogens with zero attached hydrogens (tertiary/aromatic N) is 1. The summed E-state index contributed by atoms with van der Waals surface area (Å²) in [6.45, 7) is 4.06. The van der Waals surface area contributed by atoms with Gasteiger partial charge in [0.15, 0.2) is 0 Å². The summed E-state index contributed by atoms with van der Waals surface area (Å²) in [5.41, 5.74) is 2.70. The predicted molar refractivity (Wildman–Crippen MR) is 172 cm³/mol. The van der Waals surface area contributed by atoms with Gasteiger partial charge in [0, 0.05) is 28.5 Å². The Kier molecular flexibility index (Phi) is 10.7. The number of primary sulfonamides is 1. The van der Waals surface area contributed by atoms with Crippen LogP contribution in [0, 0.1) is 11.2 Å². The first kappa shape index (κ1) is 32.8. The highest BCUT2D eigenvalue weighted by Crippen LogP contribution is 2.28. The number of halogens is 1. The molecule has 0 aliphatic heterocycles. The van der Waals surface area contributed by atoms with Crippen LogP contribution < -0.4 is 25.4 Å². The molecule has 0 radical (unpaired) electrons.